The highest BCUT2D eigenvalue weighted by Gasteiger charge is 2.37. The van der Waals surface area contributed by atoms with Gasteiger partial charge in [-0.3, -0.25) is 14.3 Å². The Kier molecular flexibility index (Phi) is 9.12. The lowest BCUT2D eigenvalue weighted by Crippen LogP contribution is -2.43. The molecule has 3 aromatic rings. The first-order valence-electron chi connectivity index (χ1n) is 14.2. The number of amides is 2. The molecule has 4 rings (SSSR count). The molecule has 2 amide bonds. The molecule has 0 saturated carbocycles. The van der Waals surface area contributed by atoms with Crippen molar-refractivity contribution >= 4 is 25.9 Å². The van der Waals surface area contributed by atoms with Crippen LogP contribution in [-0.4, -0.2) is 60.6 Å². The van der Waals surface area contributed by atoms with Gasteiger partial charge < -0.3 is 24.1 Å². The second kappa shape index (κ2) is 12.3. The summed E-state index contributed by atoms with van der Waals surface area (Å²) in [7, 11) is -0.206. The van der Waals surface area contributed by atoms with Crippen LogP contribution in [-0.2, 0) is 11.5 Å². The zero-order valence-electron chi connectivity index (χ0n) is 25.7. The van der Waals surface area contributed by atoms with E-state index in [2.05, 4.69) is 44.3 Å². The zero-order valence-corrected chi connectivity index (χ0v) is 26.7. The molecule has 1 fully saturated rings. The summed E-state index contributed by atoms with van der Waals surface area (Å²) in [4.78, 5) is 27.4. The number of aryl methyl sites for hydroxylation is 2. The Morgan fingerprint density at radius 3 is 2.33 bits per heavy atom. The number of ether oxygens (including phenoxy) is 2. The third-order valence-corrected chi connectivity index (χ3v) is 12.4. The Hall–Kier alpha value is -3.70. The average molecular weight is 597 g/mol. The second-order valence-corrected chi connectivity index (χ2v) is 17.1. The second-order valence-electron chi connectivity index (χ2n) is 12.3. The van der Waals surface area contributed by atoms with Gasteiger partial charge in [0.25, 0.3) is 11.8 Å². The molecule has 1 N–H and O–H groups in total. The van der Waals surface area contributed by atoms with Gasteiger partial charge in [-0.2, -0.15) is 5.10 Å². The molecule has 0 spiro atoms. The highest BCUT2D eigenvalue weighted by Crippen LogP contribution is 2.37. The predicted molar refractivity (Wildman–Crippen MR) is 163 cm³/mol. The van der Waals surface area contributed by atoms with E-state index >= 15 is 4.39 Å². The molecule has 226 valence electrons. The molecule has 1 saturated heterocycles. The largest absolute Gasteiger partial charge is 0.488 e. The van der Waals surface area contributed by atoms with Crippen LogP contribution in [0.15, 0.2) is 42.5 Å². The van der Waals surface area contributed by atoms with Gasteiger partial charge in [-0.15, -0.1) is 0 Å². The van der Waals surface area contributed by atoms with Gasteiger partial charge in [0.05, 0.1) is 6.61 Å². The third-order valence-electron chi connectivity index (χ3n) is 7.87. The van der Waals surface area contributed by atoms with Gasteiger partial charge in [0.1, 0.15) is 17.6 Å². The molecule has 0 radical (unpaired) electrons. The van der Waals surface area contributed by atoms with Crippen molar-refractivity contribution in [3.05, 3.63) is 65.1 Å². The number of carbonyl (C=O) groups excluding carboxylic acids is 2. The number of nitrogens with one attached hydrogen (secondary N) is 1. The summed E-state index contributed by atoms with van der Waals surface area (Å²) >= 11 is 0. The van der Waals surface area contributed by atoms with Crippen molar-refractivity contribution in [3.63, 3.8) is 0 Å². The monoisotopic (exact) mass is 596 g/mol. The summed E-state index contributed by atoms with van der Waals surface area (Å²) in [5, 5.41) is 7.13. The van der Waals surface area contributed by atoms with Gasteiger partial charge in [0, 0.05) is 49.1 Å². The van der Waals surface area contributed by atoms with Crippen molar-refractivity contribution in [3.8, 4) is 17.2 Å². The normalized spacial score (nSPS) is 14.3. The average Bonchev–Trinajstić information content (AvgIpc) is 3.18. The number of likely N-dealkylation sites (tertiary alicyclic amines) is 1. The number of benzene rings is 2. The van der Waals surface area contributed by atoms with Crippen molar-refractivity contribution in [1.82, 2.24) is 14.7 Å². The van der Waals surface area contributed by atoms with Crippen LogP contribution in [0.2, 0.25) is 18.1 Å². The highest BCUT2D eigenvalue weighted by atomic mass is 28.4. The van der Waals surface area contributed by atoms with E-state index in [4.69, 9.17) is 13.9 Å². The van der Waals surface area contributed by atoms with Crippen molar-refractivity contribution in [2.24, 2.45) is 7.05 Å². The Balaban J connectivity index is 1.57. The lowest BCUT2D eigenvalue weighted by Gasteiger charge is -2.36. The topological polar surface area (TPSA) is 94.9 Å². The first-order chi connectivity index (χ1) is 19.6. The molecular formula is C31H41FN4O5Si. The van der Waals surface area contributed by atoms with Crippen LogP contribution in [0, 0.1) is 12.7 Å². The summed E-state index contributed by atoms with van der Waals surface area (Å²) in [5.41, 5.74) is 1.39. The molecule has 1 aromatic heterocycles. The van der Waals surface area contributed by atoms with Crippen molar-refractivity contribution < 1.29 is 27.9 Å². The van der Waals surface area contributed by atoms with E-state index in [1.165, 1.54) is 24.3 Å². The van der Waals surface area contributed by atoms with Gasteiger partial charge in [-0.25, -0.2) is 4.39 Å². The SMILES string of the molecule is Cc1cc(NC(=O)c2cc(Oc3ccc(C(=O)N4CCC4)cc3F)cc(OC(C)CO[Si](C)(C)C(C)(C)C)c2)nn1C. The number of hydrogen-bond acceptors (Lipinski definition) is 6. The third kappa shape index (κ3) is 7.38. The Morgan fingerprint density at radius 2 is 1.76 bits per heavy atom. The van der Waals surface area contributed by atoms with Gasteiger partial charge >= 0.3 is 0 Å². The fraction of sp³-hybridized carbons (Fsp3) is 0.452. The number of aromatic nitrogens is 2. The number of hydrogen-bond donors (Lipinski definition) is 1. The minimum absolute atomic E-state index is 0.0506. The van der Waals surface area contributed by atoms with E-state index in [9.17, 15) is 9.59 Å². The summed E-state index contributed by atoms with van der Waals surface area (Å²) in [6, 6.07) is 10.6. The lowest BCUT2D eigenvalue weighted by molar-refractivity contribution is 0.0651. The summed E-state index contributed by atoms with van der Waals surface area (Å²) in [6.45, 7) is 16.4. The summed E-state index contributed by atoms with van der Waals surface area (Å²) < 4.78 is 35.1. The Morgan fingerprint density at radius 1 is 1.07 bits per heavy atom. The quantitative estimate of drug-likeness (QED) is 0.267. The Labute approximate surface area is 248 Å². The van der Waals surface area contributed by atoms with E-state index in [1.807, 2.05) is 13.8 Å². The summed E-state index contributed by atoms with van der Waals surface area (Å²) in [5.74, 6) is -0.422. The van der Waals surface area contributed by atoms with Crippen LogP contribution >= 0.6 is 0 Å². The Bertz CT molecular complexity index is 1440. The number of nitrogens with zero attached hydrogens (tertiary/aromatic N) is 3. The molecule has 0 bridgehead atoms. The van der Waals surface area contributed by atoms with Gasteiger partial charge in [0.2, 0.25) is 0 Å². The van der Waals surface area contributed by atoms with Crippen LogP contribution in [0.1, 0.15) is 60.5 Å². The fourth-order valence-electron chi connectivity index (χ4n) is 3.99. The molecule has 1 atom stereocenters. The van der Waals surface area contributed by atoms with E-state index in [0.29, 0.717) is 31.3 Å². The standard InChI is InChI=1S/C31H41FN4O5Si/c1-20-14-28(34-35(20)6)33-29(37)23-15-24(40-21(2)19-39-42(7,8)31(3,4)5)18-25(16-23)41-27-11-10-22(17-26(27)32)30(38)36-12-9-13-36/h10-11,14-18,21H,9,12-13,19H2,1-8H3,(H,33,34,37). The van der Waals surface area contributed by atoms with E-state index < -0.39 is 20.0 Å². The lowest BCUT2D eigenvalue weighted by atomic mass is 10.1. The molecule has 2 heterocycles. The molecule has 1 unspecified atom stereocenters. The summed E-state index contributed by atoms with van der Waals surface area (Å²) in [6.07, 6.45) is 0.623. The molecule has 11 heteroatoms. The maximum absolute atomic E-state index is 15.1. The van der Waals surface area contributed by atoms with Crippen LogP contribution < -0.4 is 14.8 Å². The number of rotatable bonds is 10. The smallest absolute Gasteiger partial charge is 0.257 e. The van der Waals surface area contributed by atoms with E-state index in [-0.39, 0.29) is 39.7 Å². The predicted octanol–water partition coefficient (Wildman–Crippen LogP) is 6.55. The number of carbonyl (C=O) groups is 2. The first kappa shape index (κ1) is 31.2. The molecule has 42 heavy (non-hydrogen) atoms. The maximum atomic E-state index is 15.1. The van der Waals surface area contributed by atoms with E-state index in [1.54, 1.807) is 34.8 Å². The molecule has 2 aromatic carbocycles. The van der Waals surface area contributed by atoms with Gasteiger partial charge in [-0.1, -0.05) is 20.8 Å². The minimum atomic E-state index is -1.99. The van der Waals surface area contributed by atoms with Crippen LogP contribution in [0.3, 0.4) is 0 Å². The molecule has 1 aliphatic rings. The maximum Gasteiger partial charge on any atom is 0.257 e. The van der Waals surface area contributed by atoms with Crippen molar-refractivity contribution in [2.45, 2.75) is 65.3 Å². The first-order valence-corrected chi connectivity index (χ1v) is 17.1. The van der Waals surface area contributed by atoms with E-state index in [0.717, 1.165) is 12.1 Å². The fourth-order valence-corrected chi connectivity index (χ4v) is 5.08. The molecular weight excluding hydrogens is 555 g/mol. The highest BCUT2D eigenvalue weighted by molar-refractivity contribution is 6.74. The van der Waals surface area contributed by atoms with Crippen LogP contribution in [0.5, 0.6) is 17.2 Å². The number of halogens is 1. The number of anilines is 1. The van der Waals surface area contributed by atoms with Gasteiger partial charge in [0.15, 0.2) is 25.7 Å². The molecule has 9 nitrogen and oxygen atoms in total. The zero-order chi connectivity index (χ0) is 30.8. The van der Waals surface area contributed by atoms with Crippen molar-refractivity contribution in [2.75, 3.05) is 25.0 Å². The van der Waals surface area contributed by atoms with Crippen LogP contribution in [0.25, 0.3) is 0 Å². The minimum Gasteiger partial charge on any atom is -0.488 e. The van der Waals surface area contributed by atoms with Crippen LogP contribution in [0.4, 0.5) is 10.2 Å². The molecule has 0 aliphatic carbocycles. The molecule has 1 aliphatic heterocycles. The van der Waals surface area contributed by atoms with Gasteiger partial charge in [-0.05, 0) is 68.7 Å². The van der Waals surface area contributed by atoms with Crippen molar-refractivity contribution in [1.29, 1.82) is 0 Å².